The van der Waals surface area contributed by atoms with Crippen LogP contribution in [0.2, 0.25) is 10.0 Å². The fourth-order valence-electron chi connectivity index (χ4n) is 2.43. The van der Waals surface area contributed by atoms with Gasteiger partial charge in [-0.3, -0.25) is 20.0 Å². The van der Waals surface area contributed by atoms with E-state index in [1.54, 1.807) is 0 Å². The molecule has 1 N–H and O–H groups in total. The second-order valence-corrected chi connectivity index (χ2v) is 8.15. The van der Waals surface area contributed by atoms with Crippen molar-refractivity contribution < 1.29 is 18.0 Å². The largest absolute Gasteiger partial charge is 0.272 e. The molecule has 1 fully saturated rings. The molecule has 1 aromatic heterocycles. The second kappa shape index (κ2) is 6.62. The highest BCUT2D eigenvalue weighted by atomic mass is 35.5. The maximum atomic E-state index is 12.4. The Morgan fingerprint density at radius 2 is 1.84 bits per heavy atom. The van der Waals surface area contributed by atoms with E-state index in [0.29, 0.717) is 0 Å². The van der Waals surface area contributed by atoms with E-state index in [-0.39, 0.29) is 21.2 Å². The summed E-state index contributed by atoms with van der Waals surface area (Å²) in [6.07, 6.45) is 2.82. The Morgan fingerprint density at radius 1 is 1.16 bits per heavy atom. The van der Waals surface area contributed by atoms with Crippen LogP contribution >= 0.6 is 23.2 Å². The molecule has 7 nitrogen and oxygen atoms in total. The highest BCUT2D eigenvalue weighted by Crippen LogP contribution is 2.35. The minimum atomic E-state index is -3.85. The average Bonchev–Trinajstić information content (AvgIpc) is 2.79. The average molecular weight is 400 g/mol. The van der Waals surface area contributed by atoms with Gasteiger partial charge in [0.2, 0.25) is 0 Å². The maximum Gasteiger partial charge on any atom is 0.270 e. The van der Waals surface area contributed by atoms with Gasteiger partial charge < -0.3 is 0 Å². The molecule has 1 saturated heterocycles. The van der Waals surface area contributed by atoms with Gasteiger partial charge in [0.05, 0.1) is 10.0 Å². The van der Waals surface area contributed by atoms with Crippen molar-refractivity contribution >= 4 is 44.9 Å². The van der Waals surface area contributed by atoms with E-state index in [9.17, 15) is 18.0 Å². The van der Waals surface area contributed by atoms with Crippen LogP contribution < -0.4 is 5.43 Å². The number of halogens is 2. The van der Waals surface area contributed by atoms with Crippen LogP contribution in [0.15, 0.2) is 42.7 Å². The summed E-state index contributed by atoms with van der Waals surface area (Å²) in [6.45, 7) is 0. The third-order valence-corrected chi connectivity index (χ3v) is 6.11. The summed E-state index contributed by atoms with van der Waals surface area (Å²) in [6, 6.07) is 7.12. The summed E-state index contributed by atoms with van der Waals surface area (Å²) < 4.78 is 24.8. The summed E-state index contributed by atoms with van der Waals surface area (Å²) in [5, 5.41) is -0.174. The molecule has 0 bridgehead atoms. The number of pyridine rings is 1. The number of carbonyl (C=O) groups excluding carboxylic acids is 2. The Morgan fingerprint density at radius 3 is 2.48 bits per heavy atom. The zero-order chi connectivity index (χ0) is 18.2. The predicted molar refractivity (Wildman–Crippen MR) is 91.5 cm³/mol. The normalized spacial score (nSPS) is 19.0. The van der Waals surface area contributed by atoms with E-state index in [4.69, 9.17) is 23.2 Å². The van der Waals surface area contributed by atoms with Gasteiger partial charge in [0.15, 0.2) is 15.2 Å². The van der Waals surface area contributed by atoms with Crippen LogP contribution in [0.25, 0.3) is 0 Å². The standard InChI is InChI=1S/C15H11Cl2N3O4S/c16-11-2-1-10(7-12(11)17)15-20(13(21)8-25(15,23)24)19-14(22)9-3-5-18-6-4-9/h1-7,15H,8H2,(H,19,22)/t15-/m0/s1. The lowest BCUT2D eigenvalue weighted by molar-refractivity contribution is -0.130. The fourth-order valence-corrected chi connectivity index (χ4v) is 4.43. The third-order valence-electron chi connectivity index (χ3n) is 3.56. The fraction of sp³-hybridized carbons (Fsp3) is 0.133. The maximum absolute atomic E-state index is 12.4. The molecule has 3 rings (SSSR count). The molecule has 2 aromatic rings. The number of sulfone groups is 1. The topological polar surface area (TPSA) is 96.4 Å². The van der Waals surface area contributed by atoms with Crippen molar-refractivity contribution in [3.05, 3.63) is 63.9 Å². The van der Waals surface area contributed by atoms with E-state index in [1.807, 2.05) is 0 Å². The van der Waals surface area contributed by atoms with Crippen molar-refractivity contribution in [3.8, 4) is 0 Å². The number of rotatable bonds is 3. The molecule has 0 aliphatic carbocycles. The van der Waals surface area contributed by atoms with Crippen molar-refractivity contribution in [2.24, 2.45) is 0 Å². The van der Waals surface area contributed by atoms with Gasteiger partial charge in [-0.15, -0.1) is 0 Å². The highest BCUT2D eigenvalue weighted by Gasteiger charge is 2.46. The van der Waals surface area contributed by atoms with Gasteiger partial charge in [0.25, 0.3) is 11.8 Å². The first-order valence-electron chi connectivity index (χ1n) is 6.99. The number of hydrogen-bond acceptors (Lipinski definition) is 5. The summed E-state index contributed by atoms with van der Waals surface area (Å²) in [5.41, 5.74) is 2.81. The molecule has 10 heteroatoms. The van der Waals surface area contributed by atoms with Crippen molar-refractivity contribution in [3.63, 3.8) is 0 Å². The van der Waals surface area contributed by atoms with Gasteiger partial charge in [-0.05, 0) is 29.8 Å². The van der Waals surface area contributed by atoms with Gasteiger partial charge in [0.1, 0.15) is 5.75 Å². The molecule has 0 spiro atoms. The lowest BCUT2D eigenvalue weighted by Crippen LogP contribution is -2.45. The zero-order valence-corrected chi connectivity index (χ0v) is 14.8. The lowest BCUT2D eigenvalue weighted by atomic mass is 10.2. The Hall–Kier alpha value is -2.16. The van der Waals surface area contributed by atoms with Gasteiger partial charge in [-0.2, -0.15) is 0 Å². The number of amides is 2. The number of aromatic nitrogens is 1. The van der Waals surface area contributed by atoms with Crippen LogP contribution in [0.3, 0.4) is 0 Å². The number of nitrogens with one attached hydrogen (secondary N) is 1. The first-order chi connectivity index (χ1) is 11.8. The molecular weight excluding hydrogens is 389 g/mol. The van der Waals surface area contributed by atoms with Crippen LogP contribution in [0.4, 0.5) is 0 Å². The van der Waals surface area contributed by atoms with Crippen LogP contribution in [-0.2, 0) is 14.6 Å². The molecule has 1 aliphatic rings. The molecule has 1 aliphatic heterocycles. The zero-order valence-electron chi connectivity index (χ0n) is 12.5. The molecular formula is C15H11Cl2N3O4S. The molecule has 1 aromatic carbocycles. The first-order valence-corrected chi connectivity index (χ1v) is 9.46. The van der Waals surface area contributed by atoms with Crippen LogP contribution in [0.1, 0.15) is 21.3 Å². The molecule has 0 radical (unpaired) electrons. The lowest BCUT2D eigenvalue weighted by Gasteiger charge is -2.24. The van der Waals surface area contributed by atoms with Crippen LogP contribution in [0, 0.1) is 0 Å². The van der Waals surface area contributed by atoms with E-state index in [1.165, 1.54) is 42.7 Å². The van der Waals surface area contributed by atoms with E-state index < -0.39 is 32.8 Å². The second-order valence-electron chi connectivity index (χ2n) is 5.27. The number of carbonyl (C=O) groups is 2. The van der Waals surface area contributed by atoms with E-state index in [2.05, 4.69) is 10.4 Å². The number of benzene rings is 1. The monoisotopic (exact) mass is 399 g/mol. The van der Waals surface area contributed by atoms with Crippen molar-refractivity contribution in [2.75, 3.05) is 5.75 Å². The Balaban J connectivity index is 1.97. The summed E-state index contributed by atoms with van der Waals surface area (Å²) in [5.74, 6) is -2.08. The summed E-state index contributed by atoms with van der Waals surface area (Å²) >= 11 is 11.8. The highest BCUT2D eigenvalue weighted by molar-refractivity contribution is 7.92. The summed E-state index contributed by atoms with van der Waals surface area (Å²) in [4.78, 5) is 28.2. The van der Waals surface area contributed by atoms with Crippen molar-refractivity contribution in [1.82, 2.24) is 15.4 Å². The minimum absolute atomic E-state index is 0.147. The molecule has 25 heavy (non-hydrogen) atoms. The SMILES string of the molecule is O=C(NN1C(=O)CS(=O)(=O)[C@H]1c1ccc(Cl)c(Cl)c1)c1ccncc1. The molecule has 130 valence electrons. The van der Waals surface area contributed by atoms with Crippen molar-refractivity contribution in [2.45, 2.75) is 5.37 Å². The van der Waals surface area contributed by atoms with Gasteiger partial charge in [-0.25, -0.2) is 13.4 Å². The minimum Gasteiger partial charge on any atom is -0.272 e. The molecule has 0 unspecified atom stereocenters. The molecule has 0 saturated carbocycles. The molecule has 1 atom stereocenters. The predicted octanol–water partition coefficient (Wildman–Crippen LogP) is 1.99. The Labute approximate surface area is 153 Å². The summed E-state index contributed by atoms with van der Waals surface area (Å²) in [7, 11) is -3.85. The van der Waals surface area contributed by atoms with Crippen LogP contribution in [-0.4, -0.2) is 36.0 Å². The first kappa shape index (κ1) is 17.7. The Bertz CT molecular complexity index is 951. The van der Waals surface area contributed by atoms with Gasteiger partial charge >= 0.3 is 0 Å². The third kappa shape index (κ3) is 3.46. The van der Waals surface area contributed by atoms with Crippen LogP contribution in [0.5, 0.6) is 0 Å². The number of nitrogens with zero attached hydrogens (tertiary/aromatic N) is 2. The number of hydrogen-bond donors (Lipinski definition) is 1. The number of hydrazine groups is 1. The quantitative estimate of drug-likeness (QED) is 0.850. The molecule has 2 heterocycles. The van der Waals surface area contributed by atoms with Gasteiger partial charge in [-0.1, -0.05) is 29.3 Å². The smallest absolute Gasteiger partial charge is 0.270 e. The van der Waals surface area contributed by atoms with Crippen molar-refractivity contribution in [1.29, 1.82) is 0 Å². The molecule has 2 amide bonds. The van der Waals surface area contributed by atoms with E-state index >= 15 is 0 Å². The van der Waals surface area contributed by atoms with Gasteiger partial charge in [0, 0.05) is 18.0 Å². The Kier molecular flexibility index (Phi) is 4.68. The van der Waals surface area contributed by atoms with E-state index in [0.717, 1.165) is 5.01 Å².